The van der Waals surface area contributed by atoms with Crippen LogP contribution in [-0.2, 0) is 6.54 Å². The molecule has 5 nitrogen and oxygen atoms in total. The van der Waals surface area contributed by atoms with Gasteiger partial charge < -0.3 is 10.1 Å². The first-order chi connectivity index (χ1) is 11.7. The number of likely N-dealkylation sites (tertiary alicyclic amines) is 1. The minimum Gasteiger partial charge on any atom is -0.494 e. The van der Waals surface area contributed by atoms with Crippen molar-refractivity contribution >= 4 is 22.9 Å². The summed E-state index contributed by atoms with van der Waals surface area (Å²) in [5.74, 6) is 0.708. The van der Waals surface area contributed by atoms with Crippen molar-refractivity contribution in [3.8, 4) is 5.75 Å². The smallest absolute Gasteiger partial charge is 0.267 e. The first-order valence-corrected chi connectivity index (χ1v) is 9.20. The van der Waals surface area contributed by atoms with Crippen LogP contribution in [0.25, 0.3) is 0 Å². The molecule has 1 saturated heterocycles. The minimum absolute atomic E-state index is 0.0955. The van der Waals surface area contributed by atoms with Gasteiger partial charge in [-0.2, -0.15) is 0 Å². The van der Waals surface area contributed by atoms with Crippen molar-refractivity contribution in [2.45, 2.75) is 33.2 Å². The summed E-state index contributed by atoms with van der Waals surface area (Å²) in [7, 11) is 0. The SMILES string of the molecule is CCOc1ccc(NC(=O)c2sc(CN3CCCC3)nc2C)cc1. The van der Waals surface area contributed by atoms with E-state index in [1.54, 1.807) is 0 Å². The fourth-order valence-electron chi connectivity index (χ4n) is 2.85. The Labute approximate surface area is 146 Å². The van der Waals surface area contributed by atoms with Crippen LogP contribution in [0.3, 0.4) is 0 Å². The number of anilines is 1. The van der Waals surface area contributed by atoms with E-state index in [0.717, 1.165) is 41.8 Å². The number of nitrogens with zero attached hydrogens (tertiary/aromatic N) is 2. The van der Waals surface area contributed by atoms with E-state index in [1.807, 2.05) is 38.1 Å². The number of aromatic nitrogens is 1. The molecule has 1 N–H and O–H groups in total. The van der Waals surface area contributed by atoms with E-state index in [2.05, 4.69) is 15.2 Å². The molecule has 0 saturated carbocycles. The molecule has 0 unspecified atom stereocenters. The van der Waals surface area contributed by atoms with E-state index >= 15 is 0 Å². The number of hydrogen-bond donors (Lipinski definition) is 1. The molecule has 1 aliphatic rings. The molecule has 1 fully saturated rings. The van der Waals surface area contributed by atoms with Crippen molar-refractivity contribution in [3.05, 3.63) is 39.8 Å². The van der Waals surface area contributed by atoms with Gasteiger partial charge in [0.25, 0.3) is 5.91 Å². The Balaban J connectivity index is 1.64. The Morgan fingerprint density at radius 3 is 2.67 bits per heavy atom. The first-order valence-electron chi connectivity index (χ1n) is 8.38. The summed E-state index contributed by atoms with van der Waals surface area (Å²) in [6.45, 7) is 7.59. The third-order valence-electron chi connectivity index (χ3n) is 4.03. The average molecular weight is 345 g/mol. The van der Waals surface area contributed by atoms with Crippen molar-refractivity contribution in [2.75, 3.05) is 25.0 Å². The number of carbonyl (C=O) groups is 1. The van der Waals surface area contributed by atoms with Crippen molar-refractivity contribution in [3.63, 3.8) is 0 Å². The lowest BCUT2D eigenvalue weighted by molar-refractivity contribution is 0.103. The monoisotopic (exact) mass is 345 g/mol. The zero-order valence-electron chi connectivity index (χ0n) is 14.2. The van der Waals surface area contributed by atoms with Crippen LogP contribution in [-0.4, -0.2) is 35.5 Å². The van der Waals surface area contributed by atoms with Gasteiger partial charge in [-0.3, -0.25) is 9.69 Å². The Morgan fingerprint density at radius 1 is 1.29 bits per heavy atom. The lowest BCUT2D eigenvalue weighted by atomic mass is 10.3. The fraction of sp³-hybridized carbons (Fsp3) is 0.444. The maximum Gasteiger partial charge on any atom is 0.267 e. The molecule has 1 aromatic carbocycles. The molecule has 0 bridgehead atoms. The first kappa shape index (κ1) is 16.9. The number of thiazole rings is 1. The molecule has 0 spiro atoms. The number of ether oxygens (including phenoxy) is 1. The van der Waals surface area contributed by atoms with E-state index in [0.29, 0.717) is 11.5 Å². The molecule has 0 atom stereocenters. The number of carbonyl (C=O) groups excluding carboxylic acids is 1. The second-order valence-electron chi connectivity index (χ2n) is 5.92. The molecule has 6 heteroatoms. The van der Waals surface area contributed by atoms with Gasteiger partial charge in [-0.15, -0.1) is 11.3 Å². The van der Waals surface area contributed by atoms with E-state index < -0.39 is 0 Å². The third kappa shape index (κ3) is 4.13. The van der Waals surface area contributed by atoms with Crippen LogP contribution in [0.5, 0.6) is 5.75 Å². The molecule has 1 amide bonds. The summed E-state index contributed by atoms with van der Waals surface area (Å²) in [6.07, 6.45) is 2.52. The highest BCUT2D eigenvalue weighted by molar-refractivity contribution is 7.13. The van der Waals surface area contributed by atoms with Gasteiger partial charge >= 0.3 is 0 Å². The molecule has 2 aromatic rings. The molecule has 0 aliphatic carbocycles. The molecule has 0 radical (unpaired) electrons. The molecular weight excluding hydrogens is 322 g/mol. The Morgan fingerprint density at radius 2 is 2.00 bits per heavy atom. The topological polar surface area (TPSA) is 54.5 Å². The summed E-state index contributed by atoms with van der Waals surface area (Å²) in [5.41, 5.74) is 1.56. The number of amides is 1. The molecule has 24 heavy (non-hydrogen) atoms. The highest BCUT2D eigenvalue weighted by Gasteiger charge is 2.18. The molecule has 1 aromatic heterocycles. The Kier molecular flexibility index (Phi) is 5.48. The van der Waals surface area contributed by atoms with Gasteiger partial charge in [-0.25, -0.2) is 4.98 Å². The second-order valence-corrected chi connectivity index (χ2v) is 7.00. The highest BCUT2D eigenvalue weighted by Crippen LogP contribution is 2.23. The summed E-state index contributed by atoms with van der Waals surface area (Å²) in [5, 5.41) is 3.96. The molecule has 128 valence electrons. The summed E-state index contributed by atoms with van der Waals surface area (Å²) < 4.78 is 5.41. The predicted molar refractivity (Wildman–Crippen MR) is 96.9 cm³/mol. The van der Waals surface area contributed by atoms with Crippen LogP contribution in [0.2, 0.25) is 0 Å². The van der Waals surface area contributed by atoms with Gasteiger partial charge in [0.15, 0.2) is 0 Å². The summed E-state index contributed by atoms with van der Waals surface area (Å²) in [6, 6.07) is 7.42. The number of benzene rings is 1. The van der Waals surface area contributed by atoms with Crippen molar-refractivity contribution in [1.82, 2.24) is 9.88 Å². The van der Waals surface area contributed by atoms with Gasteiger partial charge in [0.2, 0.25) is 0 Å². The van der Waals surface area contributed by atoms with Crippen LogP contribution in [0.15, 0.2) is 24.3 Å². The van der Waals surface area contributed by atoms with Gasteiger partial charge in [-0.1, -0.05) is 0 Å². The number of rotatable bonds is 6. The van der Waals surface area contributed by atoms with Gasteiger partial charge in [0.1, 0.15) is 15.6 Å². The molecule has 1 aliphatic heterocycles. The van der Waals surface area contributed by atoms with E-state index in [4.69, 9.17) is 4.74 Å². The standard InChI is InChI=1S/C18H23N3O2S/c1-3-23-15-8-6-14(7-9-15)20-18(22)17-13(2)19-16(24-17)12-21-10-4-5-11-21/h6-9H,3-5,10-12H2,1-2H3,(H,20,22). The van der Waals surface area contributed by atoms with Crippen molar-refractivity contribution in [1.29, 1.82) is 0 Å². The van der Waals surface area contributed by atoms with Gasteiger partial charge in [-0.05, 0) is 64.0 Å². The number of aryl methyl sites for hydroxylation is 1. The lowest BCUT2D eigenvalue weighted by Gasteiger charge is -2.11. The summed E-state index contributed by atoms with van der Waals surface area (Å²) in [4.78, 5) is 20.2. The number of nitrogens with one attached hydrogen (secondary N) is 1. The second kappa shape index (κ2) is 7.77. The minimum atomic E-state index is -0.0955. The van der Waals surface area contributed by atoms with E-state index in [1.165, 1.54) is 24.2 Å². The largest absolute Gasteiger partial charge is 0.494 e. The van der Waals surface area contributed by atoms with Gasteiger partial charge in [0.05, 0.1) is 18.8 Å². The fourth-order valence-corrected chi connectivity index (χ4v) is 3.85. The normalized spacial score (nSPS) is 14.8. The van der Waals surface area contributed by atoms with Gasteiger partial charge in [0, 0.05) is 5.69 Å². The van der Waals surface area contributed by atoms with Crippen LogP contribution in [0, 0.1) is 6.92 Å². The lowest BCUT2D eigenvalue weighted by Crippen LogP contribution is -2.18. The maximum atomic E-state index is 12.5. The molecule has 3 rings (SSSR count). The number of hydrogen-bond acceptors (Lipinski definition) is 5. The van der Waals surface area contributed by atoms with Crippen LogP contribution in [0.1, 0.15) is 40.1 Å². The Hall–Kier alpha value is -1.92. The quantitative estimate of drug-likeness (QED) is 0.867. The van der Waals surface area contributed by atoms with Crippen molar-refractivity contribution < 1.29 is 9.53 Å². The van der Waals surface area contributed by atoms with E-state index in [9.17, 15) is 4.79 Å². The van der Waals surface area contributed by atoms with Crippen molar-refractivity contribution in [2.24, 2.45) is 0 Å². The average Bonchev–Trinajstić information content (AvgIpc) is 3.19. The highest BCUT2D eigenvalue weighted by atomic mass is 32.1. The zero-order valence-corrected chi connectivity index (χ0v) is 15.0. The molecule has 2 heterocycles. The van der Waals surface area contributed by atoms with Crippen LogP contribution in [0.4, 0.5) is 5.69 Å². The summed E-state index contributed by atoms with van der Waals surface area (Å²) >= 11 is 1.50. The van der Waals surface area contributed by atoms with Crippen LogP contribution >= 0.6 is 11.3 Å². The van der Waals surface area contributed by atoms with Crippen LogP contribution < -0.4 is 10.1 Å². The Bertz CT molecular complexity index is 691. The predicted octanol–water partition coefficient (Wildman–Crippen LogP) is 3.70. The maximum absolute atomic E-state index is 12.5. The zero-order chi connectivity index (χ0) is 16.9. The molecular formula is C18H23N3O2S. The third-order valence-corrected chi connectivity index (χ3v) is 5.17. The van der Waals surface area contributed by atoms with E-state index in [-0.39, 0.29) is 5.91 Å².